The Hall–Kier alpha value is -1.56. The zero-order valence-corrected chi connectivity index (χ0v) is 16.3. The molecule has 1 aliphatic heterocycles. The molecule has 146 valence electrons. The second-order valence-electron chi connectivity index (χ2n) is 7.15. The van der Waals surface area contributed by atoms with Crippen LogP contribution < -0.4 is 9.47 Å². The summed E-state index contributed by atoms with van der Waals surface area (Å²) in [5, 5.41) is 10.3. The van der Waals surface area contributed by atoms with Gasteiger partial charge in [0, 0.05) is 19.6 Å². The lowest BCUT2D eigenvalue weighted by Gasteiger charge is -2.23. The molecule has 5 nitrogen and oxygen atoms in total. The number of ether oxygens (including phenoxy) is 2. The molecule has 1 heterocycles. The van der Waals surface area contributed by atoms with Gasteiger partial charge < -0.3 is 19.5 Å². The molecule has 1 aromatic carbocycles. The van der Waals surface area contributed by atoms with E-state index in [1.807, 2.05) is 24.3 Å². The molecular weight excluding hydrogens is 328 g/mol. The van der Waals surface area contributed by atoms with E-state index in [1.54, 1.807) is 7.11 Å². The smallest absolute Gasteiger partial charge is 0.161 e. The minimum atomic E-state index is -0.490. The average molecular weight is 363 g/mol. The molecule has 26 heavy (non-hydrogen) atoms. The average Bonchev–Trinajstić information content (AvgIpc) is 2.89. The molecule has 0 aromatic heterocycles. The van der Waals surface area contributed by atoms with Crippen LogP contribution in [0.2, 0.25) is 0 Å². The van der Waals surface area contributed by atoms with Gasteiger partial charge in [-0.1, -0.05) is 25.0 Å². The standard InChI is InChI=1S/C21H34N2O3/c1-4-11-22(2)15-18-9-10-20(21(14-18)25-3)26-17-19(24)16-23-12-7-5-6-8-13-23/h4,9-10,14,19,24H,1,5-8,11-13,15-17H2,2-3H3. The van der Waals surface area contributed by atoms with Crippen molar-refractivity contribution in [1.29, 1.82) is 0 Å². The Bertz CT molecular complexity index is 542. The van der Waals surface area contributed by atoms with Crippen LogP contribution in [0, 0.1) is 0 Å². The fourth-order valence-electron chi connectivity index (χ4n) is 3.38. The SMILES string of the molecule is C=CCN(C)Cc1ccc(OCC(O)CN2CCCCCC2)c(OC)c1. The van der Waals surface area contributed by atoms with Crippen LogP contribution in [0.4, 0.5) is 0 Å². The topological polar surface area (TPSA) is 45.2 Å². The van der Waals surface area contributed by atoms with Crippen LogP contribution in [0.5, 0.6) is 11.5 Å². The highest BCUT2D eigenvalue weighted by Gasteiger charge is 2.15. The second kappa shape index (κ2) is 11.2. The van der Waals surface area contributed by atoms with E-state index in [0.717, 1.165) is 31.7 Å². The number of β-amino-alcohol motifs (C(OH)–C–C–N with tert-alkyl or cyclic N) is 1. The van der Waals surface area contributed by atoms with Gasteiger partial charge in [0.05, 0.1) is 7.11 Å². The Morgan fingerprint density at radius 2 is 1.96 bits per heavy atom. The predicted octanol–water partition coefficient (Wildman–Crippen LogP) is 2.93. The number of nitrogens with zero attached hydrogens (tertiary/aromatic N) is 2. The molecule has 1 fully saturated rings. The molecule has 2 rings (SSSR count). The summed E-state index contributed by atoms with van der Waals surface area (Å²) in [5.74, 6) is 1.38. The van der Waals surface area contributed by atoms with Crippen molar-refractivity contribution in [2.45, 2.75) is 38.3 Å². The molecule has 1 N–H and O–H groups in total. The van der Waals surface area contributed by atoms with E-state index < -0.39 is 6.10 Å². The molecule has 5 heteroatoms. The monoisotopic (exact) mass is 362 g/mol. The van der Waals surface area contributed by atoms with Gasteiger partial charge in [0.1, 0.15) is 12.7 Å². The lowest BCUT2D eigenvalue weighted by molar-refractivity contribution is 0.0683. The minimum Gasteiger partial charge on any atom is -0.493 e. The summed E-state index contributed by atoms with van der Waals surface area (Å²) in [6.07, 6.45) is 6.45. The first kappa shape index (κ1) is 20.7. The van der Waals surface area contributed by atoms with Crippen LogP contribution in [-0.4, -0.2) is 68.0 Å². The molecule has 0 saturated carbocycles. The molecule has 1 aromatic rings. The third-order valence-electron chi connectivity index (χ3n) is 4.72. The number of aliphatic hydroxyl groups excluding tert-OH is 1. The highest BCUT2D eigenvalue weighted by molar-refractivity contribution is 5.43. The van der Waals surface area contributed by atoms with Crippen molar-refractivity contribution in [3.05, 3.63) is 36.4 Å². The molecule has 1 atom stereocenters. The van der Waals surface area contributed by atoms with Crippen molar-refractivity contribution in [1.82, 2.24) is 9.80 Å². The van der Waals surface area contributed by atoms with Crippen LogP contribution in [-0.2, 0) is 6.54 Å². The number of benzene rings is 1. The number of likely N-dealkylation sites (N-methyl/N-ethyl adjacent to an activating group) is 1. The van der Waals surface area contributed by atoms with E-state index in [9.17, 15) is 5.11 Å². The lowest BCUT2D eigenvalue weighted by Crippen LogP contribution is -2.36. The Morgan fingerprint density at radius 3 is 2.62 bits per heavy atom. The molecule has 0 aliphatic carbocycles. The molecule has 0 radical (unpaired) electrons. The molecule has 1 aliphatic rings. The fourth-order valence-corrected chi connectivity index (χ4v) is 3.38. The van der Waals surface area contributed by atoms with E-state index >= 15 is 0 Å². The van der Waals surface area contributed by atoms with Gasteiger partial charge in [-0.15, -0.1) is 6.58 Å². The summed E-state index contributed by atoms with van der Waals surface area (Å²) in [5.41, 5.74) is 1.16. The van der Waals surface area contributed by atoms with E-state index in [1.165, 1.54) is 25.7 Å². The summed E-state index contributed by atoms with van der Waals surface area (Å²) >= 11 is 0. The Labute approximate surface area is 158 Å². The normalized spacial score (nSPS) is 16.9. The van der Waals surface area contributed by atoms with Gasteiger partial charge in [0.2, 0.25) is 0 Å². The molecule has 1 saturated heterocycles. The number of hydrogen-bond donors (Lipinski definition) is 1. The Balaban J connectivity index is 1.86. The maximum atomic E-state index is 10.3. The second-order valence-corrected chi connectivity index (χ2v) is 7.15. The lowest BCUT2D eigenvalue weighted by atomic mass is 10.2. The summed E-state index contributed by atoms with van der Waals surface area (Å²) < 4.78 is 11.3. The van der Waals surface area contributed by atoms with Crippen LogP contribution in [0.3, 0.4) is 0 Å². The summed E-state index contributed by atoms with van der Waals surface area (Å²) in [6, 6.07) is 5.96. The van der Waals surface area contributed by atoms with Gasteiger partial charge >= 0.3 is 0 Å². The quantitative estimate of drug-likeness (QED) is 0.649. The Kier molecular flexibility index (Phi) is 8.95. The third kappa shape index (κ3) is 6.98. The third-order valence-corrected chi connectivity index (χ3v) is 4.72. The first-order chi connectivity index (χ1) is 12.6. The van der Waals surface area contributed by atoms with Gasteiger partial charge in [-0.2, -0.15) is 0 Å². The summed E-state index contributed by atoms with van der Waals surface area (Å²) in [4.78, 5) is 4.52. The van der Waals surface area contributed by atoms with Crippen molar-refractivity contribution in [2.24, 2.45) is 0 Å². The Morgan fingerprint density at radius 1 is 1.23 bits per heavy atom. The molecule has 0 bridgehead atoms. The summed E-state index contributed by atoms with van der Waals surface area (Å²) in [6.45, 7) is 8.53. The van der Waals surface area contributed by atoms with Gasteiger partial charge in [-0.3, -0.25) is 4.90 Å². The van der Waals surface area contributed by atoms with Crippen LogP contribution in [0.15, 0.2) is 30.9 Å². The van der Waals surface area contributed by atoms with Crippen molar-refractivity contribution in [2.75, 3.05) is 46.9 Å². The molecule has 1 unspecified atom stereocenters. The van der Waals surface area contributed by atoms with E-state index in [0.29, 0.717) is 18.0 Å². The first-order valence-corrected chi connectivity index (χ1v) is 9.62. The highest BCUT2D eigenvalue weighted by Crippen LogP contribution is 2.28. The highest BCUT2D eigenvalue weighted by atomic mass is 16.5. The maximum absolute atomic E-state index is 10.3. The van der Waals surface area contributed by atoms with Crippen molar-refractivity contribution in [3.63, 3.8) is 0 Å². The molecule has 0 spiro atoms. The maximum Gasteiger partial charge on any atom is 0.161 e. The van der Waals surface area contributed by atoms with Crippen molar-refractivity contribution in [3.8, 4) is 11.5 Å². The van der Waals surface area contributed by atoms with Crippen LogP contribution in [0.1, 0.15) is 31.2 Å². The predicted molar refractivity (Wildman–Crippen MR) is 106 cm³/mol. The van der Waals surface area contributed by atoms with Crippen LogP contribution >= 0.6 is 0 Å². The largest absolute Gasteiger partial charge is 0.493 e. The van der Waals surface area contributed by atoms with Gasteiger partial charge in [0.25, 0.3) is 0 Å². The van der Waals surface area contributed by atoms with E-state index in [-0.39, 0.29) is 6.61 Å². The van der Waals surface area contributed by atoms with Gasteiger partial charge in [-0.25, -0.2) is 0 Å². The van der Waals surface area contributed by atoms with Gasteiger partial charge in [0.15, 0.2) is 11.5 Å². The van der Waals surface area contributed by atoms with Crippen LogP contribution in [0.25, 0.3) is 0 Å². The van der Waals surface area contributed by atoms with Crippen molar-refractivity contribution < 1.29 is 14.6 Å². The first-order valence-electron chi connectivity index (χ1n) is 9.62. The minimum absolute atomic E-state index is 0.280. The number of methoxy groups -OCH3 is 1. The van der Waals surface area contributed by atoms with E-state index in [2.05, 4.69) is 23.4 Å². The van der Waals surface area contributed by atoms with Gasteiger partial charge in [-0.05, 0) is 50.7 Å². The zero-order chi connectivity index (χ0) is 18.8. The molecular formula is C21H34N2O3. The fraction of sp³-hybridized carbons (Fsp3) is 0.619. The summed E-state index contributed by atoms with van der Waals surface area (Å²) in [7, 11) is 3.70. The zero-order valence-electron chi connectivity index (χ0n) is 16.3. The number of rotatable bonds is 10. The van der Waals surface area contributed by atoms with Crippen molar-refractivity contribution >= 4 is 0 Å². The number of aliphatic hydroxyl groups is 1. The number of hydrogen-bond acceptors (Lipinski definition) is 5. The molecule has 0 amide bonds. The van der Waals surface area contributed by atoms with E-state index in [4.69, 9.17) is 9.47 Å². The number of likely N-dealkylation sites (tertiary alicyclic amines) is 1.